The predicted molar refractivity (Wildman–Crippen MR) is 84.1 cm³/mol. The van der Waals surface area contributed by atoms with Crippen LogP contribution in [0.2, 0.25) is 5.02 Å². The molecule has 0 bridgehead atoms. The molecule has 0 radical (unpaired) electrons. The van der Waals surface area contributed by atoms with E-state index in [4.69, 9.17) is 11.6 Å². The molecule has 1 aliphatic rings. The quantitative estimate of drug-likeness (QED) is 0.867. The molecule has 21 heavy (non-hydrogen) atoms. The van der Waals surface area contributed by atoms with Crippen LogP contribution in [0.25, 0.3) is 17.1 Å². The van der Waals surface area contributed by atoms with E-state index in [0.29, 0.717) is 10.7 Å². The van der Waals surface area contributed by atoms with Crippen molar-refractivity contribution < 1.29 is 4.79 Å². The van der Waals surface area contributed by atoms with Crippen LogP contribution in [0.15, 0.2) is 29.1 Å². The van der Waals surface area contributed by atoms with E-state index in [9.17, 15) is 4.79 Å². The number of aromatic nitrogens is 2. The SMILES string of the molecule is CC(C)C1=N/C(=C\c2c[nH]c3ncc(Cl)cc23)C(=O)N1C. The summed E-state index contributed by atoms with van der Waals surface area (Å²) in [7, 11) is 1.75. The lowest BCUT2D eigenvalue weighted by atomic mass is 10.2. The zero-order valence-corrected chi connectivity index (χ0v) is 12.8. The van der Waals surface area contributed by atoms with Crippen LogP contribution < -0.4 is 0 Å². The van der Waals surface area contributed by atoms with E-state index in [2.05, 4.69) is 15.0 Å². The second kappa shape index (κ2) is 5.00. The van der Waals surface area contributed by atoms with Crippen LogP contribution in [-0.2, 0) is 4.79 Å². The molecule has 2 aromatic heterocycles. The van der Waals surface area contributed by atoms with Gasteiger partial charge in [-0.1, -0.05) is 25.4 Å². The molecule has 1 amide bonds. The van der Waals surface area contributed by atoms with Gasteiger partial charge in [-0.2, -0.15) is 0 Å². The predicted octanol–water partition coefficient (Wildman–Crippen LogP) is 3.08. The van der Waals surface area contributed by atoms with E-state index in [-0.39, 0.29) is 11.8 Å². The lowest BCUT2D eigenvalue weighted by molar-refractivity contribution is -0.121. The van der Waals surface area contributed by atoms with Crippen LogP contribution in [0.3, 0.4) is 0 Å². The third-order valence-corrected chi connectivity index (χ3v) is 3.65. The van der Waals surface area contributed by atoms with Gasteiger partial charge in [-0.25, -0.2) is 9.98 Å². The lowest BCUT2D eigenvalue weighted by Crippen LogP contribution is -2.30. The molecule has 5 nitrogen and oxygen atoms in total. The summed E-state index contributed by atoms with van der Waals surface area (Å²) < 4.78 is 0. The molecule has 0 saturated carbocycles. The maximum Gasteiger partial charge on any atom is 0.277 e. The van der Waals surface area contributed by atoms with E-state index in [1.165, 1.54) is 0 Å². The number of nitrogens with zero attached hydrogens (tertiary/aromatic N) is 3. The van der Waals surface area contributed by atoms with Gasteiger partial charge in [0.05, 0.1) is 5.02 Å². The summed E-state index contributed by atoms with van der Waals surface area (Å²) in [4.78, 5) is 25.5. The number of amides is 1. The summed E-state index contributed by atoms with van der Waals surface area (Å²) in [6, 6.07) is 1.82. The van der Waals surface area contributed by atoms with E-state index in [0.717, 1.165) is 22.4 Å². The Morgan fingerprint density at radius 2 is 2.19 bits per heavy atom. The van der Waals surface area contributed by atoms with Crippen LogP contribution in [0.5, 0.6) is 0 Å². The first-order valence-electron chi connectivity index (χ1n) is 6.68. The van der Waals surface area contributed by atoms with Crippen LogP contribution in [-0.4, -0.2) is 33.7 Å². The molecule has 0 fully saturated rings. The van der Waals surface area contributed by atoms with Crippen molar-refractivity contribution in [2.45, 2.75) is 13.8 Å². The number of carbonyl (C=O) groups is 1. The Bertz CT molecular complexity index is 788. The standard InChI is InChI=1S/C15H15ClN4O/c1-8(2)14-19-12(15(21)20(14)3)4-9-6-17-13-11(9)5-10(16)7-18-13/h4-8H,1-3H3,(H,17,18)/b12-4-. The van der Waals surface area contributed by atoms with Crippen molar-refractivity contribution in [3.05, 3.63) is 34.7 Å². The normalized spacial score (nSPS) is 17.4. The van der Waals surface area contributed by atoms with E-state index < -0.39 is 0 Å². The molecule has 0 aliphatic carbocycles. The summed E-state index contributed by atoms with van der Waals surface area (Å²) in [6.45, 7) is 4.03. The van der Waals surface area contributed by atoms with Crippen molar-refractivity contribution in [1.82, 2.24) is 14.9 Å². The summed E-state index contributed by atoms with van der Waals surface area (Å²) >= 11 is 5.98. The maximum absolute atomic E-state index is 12.2. The maximum atomic E-state index is 12.2. The minimum atomic E-state index is -0.0944. The third kappa shape index (κ3) is 2.34. The number of likely N-dealkylation sites (N-methyl/N-ethyl adjacent to an activating group) is 1. The number of rotatable bonds is 2. The molecule has 0 saturated heterocycles. The second-order valence-corrected chi connectivity index (χ2v) is 5.75. The zero-order valence-electron chi connectivity index (χ0n) is 12.0. The number of aliphatic imine (C=N–C) groups is 1. The Balaban J connectivity index is 2.08. The number of amidine groups is 1. The zero-order chi connectivity index (χ0) is 15.1. The molecular formula is C15H15ClN4O. The van der Waals surface area contributed by atoms with Gasteiger partial charge in [-0.3, -0.25) is 9.69 Å². The number of halogens is 1. The number of nitrogens with one attached hydrogen (secondary N) is 1. The van der Waals surface area contributed by atoms with Crippen molar-refractivity contribution >= 4 is 40.5 Å². The summed E-state index contributed by atoms with van der Waals surface area (Å²) in [6.07, 6.45) is 5.16. The van der Waals surface area contributed by atoms with Gasteiger partial charge < -0.3 is 4.98 Å². The molecular weight excluding hydrogens is 288 g/mol. The fraction of sp³-hybridized carbons (Fsp3) is 0.267. The summed E-state index contributed by atoms with van der Waals surface area (Å²) in [5.74, 6) is 0.884. The van der Waals surface area contributed by atoms with Crippen molar-refractivity contribution in [2.24, 2.45) is 10.9 Å². The van der Waals surface area contributed by atoms with E-state index >= 15 is 0 Å². The van der Waals surface area contributed by atoms with Gasteiger partial charge in [-0.05, 0) is 12.1 Å². The number of hydrogen-bond acceptors (Lipinski definition) is 3. The number of H-pyrrole nitrogens is 1. The van der Waals surface area contributed by atoms with E-state index in [1.807, 2.05) is 19.9 Å². The van der Waals surface area contributed by atoms with Crippen LogP contribution in [0.4, 0.5) is 0 Å². The number of carbonyl (C=O) groups excluding carboxylic acids is 1. The molecule has 3 heterocycles. The molecule has 0 spiro atoms. The van der Waals surface area contributed by atoms with Gasteiger partial charge in [0.2, 0.25) is 0 Å². The molecule has 108 valence electrons. The highest BCUT2D eigenvalue weighted by Crippen LogP contribution is 2.25. The summed E-state index contributed by atoms with van der Waals surface area (Å²) in [5, 5.41) is 1.43. The molecule has 3 rings (SSSR count). The average molecular weight is 303 g/mol. The molecule has 0 unspecified atom stereocenters. The van der Waals surface area contributed by atoms with Gasteiger partial charge in [-0.15, -0.1) is 0 Å². The first kappa shape index (κ1) is 13.8. The fourth-order valence-electron chi connectivity index (χ4n) is 2.40. The van der Waals surface area contributed by atoms with Crippen LogP contribution in [0, 0.1) is 5.92 Å². The first-order valence-corrected chi connectivity index (χ1v) is 7.06. The van der Waals surface area contributed by atoms with Gasteiger partial charge in [0, 0.05) is 36.3 Å². The molecule has 6 heteroatoms. The topological polar surface area (TPSA) is 61.4 Å². The Hall–Kier alpha value is -2.14. The Morgan fingerprint density at radius 3 is 2.86 bits per heavy atom. The highest BCUT2D eigenvalue weighted by atomic mass is 35.5. The van der Waals surface area contributed by atoms with Crippen molar-refractivity contribution in [2.75, 3.05) is 7.05 Å². The second-order valence-electron chi connectivity index (χ2n) is 5.31. The molecule has 0 aromatic carbocycles. The fourth-order valence-corrected chi connectivity index (χ4v) is 2.56. The van der Waals surface area contributed by atoms with Gasteiger partial charge in [0.15, 0.2) is 0 Å². The third-order valence-electron chi connectivity index (χ3n) is 3.44. The van der Waals surface area contributed by atoms with Crippen molar-refractivity contribution in [3.8, 4) is 0 Å². The molecule has 1 aliphatic heterocycles. The smallest absolute Gasteiger partial charge is 0.277 e. The van der Waals surface area contributed by atoms with Gasteiger partial charge in [0.25, 0.3) is 5.91 Å². The van der Waals surface area contributed by atoms with Crippen molar-refractivity contribution in [1.29, 1.82) is 0 Å². The first-order chi connectivity index (χ1) is 9.97. The number of fused-ring (bicyclic) bond motifs is 1. The molecule has 0 atom stereocenters. The molecule has 1 N–H and O–H groups in total. The highest BCUT2D eigenvalue weighted by Gasteiger charge is 2.28. The Morgan fingerprint density at radius 1 is 1.43 bits per heavy atom. The largest absolute Gasteiger partial charge is 0.346 e. The van der Waals surface area contributed by atoms with E-state index in [1.54, 1.807) is 30.4 Å². The Labute approximate surface area is 127 Å². The van der Waals surface area contributed by atoms with Crippen LogP contribution >= 0.6 is 11.6 Å². The minimum Gasteiger partial charge on any atom is -0.346 e. The van der Waals surface area contributed by atoms with Crippen molar-refractivity contribution in [3.63, 3.8) is 0 Å². The summed E-state index contributed by atoms with van der Waals surface area (Å²) in [5.41, 5.74) is 2.02. The average Bonchev–Trinajstić information content (AvgIpc) is 2.95. The highest BCUT2D eigenvalue weighted by molar-refractivity contribution is 6.31. The Kier molecular flexibility index (Phi) is 3.29. The van der Waals surface area contributed by atoms with Gasteiger partial charge >= 0.3 is 0 Å². The number of hydrogen-bond donors (Lipinski definition) is 1. The number of pyridine rings is 1. The monoisotopic (exact) mass is 302 g/mol. The molecule has 2 aromatic rings. The number of aromatic amines is 1. The van der Waals surface area contributed by atoms with Gasteiger partial charge in [0.1, 0.15) is 17.2 Å². The lowest BCUT2D eigenvalue weighted by Gasteiger charge is -2.13. The minimum absolute atomic E-state index is 0.0944. The van der Waals surface area contributed by atoms with Crippen LogP contribution in [0.1, 0.15) is 19.4 Å².